The lowest BCUT2D eigenvalue weighted by molar-refractivity contribution is -0.155. The Morgan fingerprint density at radius 1 is 0.900 bits per heavy atom. The molecule has 0 aliphatic rings. The van der Waals surface area contributed by atoms with Crippen molar-refractivity contribution in [2.45, 2.75) is 137 Å². The summed E-state index contributed by atoms with van der Waals surface area (Å²) >= 11 is 0. The standard InChI is InChI=1S/C27H50O3/c1-7-8-9-10-11-12-13-14-15-16-20-25(27(29)30-23(4)5)26(28)21-24(6)19-17-18-22(2)3/h18,21,23,25-26,28H,7-17,19-20H2,1-6H3/b24-21+. The third kappa shape index (κ3) is 16.7. The lowest BCUT2D eigenvalue weighted by Crippen LogP contribution is -2.30. The number of hydrogen-bond donors (Lipinski definition) is 1. The summed E-state index contributed by atoms with van der Waals surface area (Å²) in [5.74, 6) is -0.721. The van der Waals surface area contributed by atoms with Gasteiger partial charge in [-0.25, -0.2) is 0 Å². The minimum atomic E-state index is -0.762. The SMILES string of the molecule is CCCCCCCCCCCCC(C(=O)OC(C)C)C(O)/C=C(\C)CCC=C(C)C. The number of allylic oxidation sites excluding steroid dienone is 3. The Balaban J connectivity index is 4.44. The molecule has 0 aromatic carbocycles. The Morgan fingerprint density at radius 2 is 1.43 bits per heavy atom. The van der Waals surface area contributed by atoms with E-state index in [0.29, 0.717) is 6.42 Å². The number of ether oxygens (including phenoxy) is 1. The Bertz CT molecular complexity index is 486. The molecule has 0 rings (SSSR count). The average molecular weight is 423 g/mol. The Kier molecular flexibility index (Phi) is 18.0. The van der Waals surface area contributed by atoms with Crippen molar-refractivity contribution < 1.29 is 14.6 Å². The largest absolute Gasteiger partial charge is 0.463 e. The van der Waals surface area contributed by atoms with Crippen molar-refractivity contribution in [3.8, 4) is 0 Å². The quantitative estimate of drug-likeness (QED) is 0.139. The number of hydrogen-bond acceptors (Lipinski definition) is 3. The lowest BCUT2D eigenvalue weighted by atomic mass is 9.93. The molecule has 0 aliphatic carbocycles. The van der Waals surface area contributed by atoms with E-state index in [2.05, 4.69) is 26.8 Å². The molecule has 30 heavy (non-hydrogen) atoms. The summed E-state index contributed by atoms with van der Waals surface area (Å²) in [5, 5.41) is 10.7. The normalized spacial score (nSPS) is 13.9. The predicted octanol–water partition coefficient (Wildman–Crippen LogP) is 7.92. The maximum Gasteiger partial charge on any atom is 0.312 e. The van der Waals surface area contributed by atoms with Crippen molar-refractivity contribution in [1.82, 2.24) is 0 Å². The number of esters is 1. The maximum absolute atomic E-state index is 12.6. The van der Waals surface area contributed by atoms with Gasteiger partial charge in [0.25, 0.3) is 0 Å². The third-order valence-electron chi connectivity index (χ3n) is 5.48. The molecule has 0 bridgehead atoms. The topological polar surface area (TPSA) is 46.5 Å². The molecule has 0 aromatic rings. The van der Waals surface area contributed by atoms with Gasteiger partial charge in [-0.3, -0.25) is 4.79 Å². The smallest absolute Gasteiger partial charge is 0.312 e. The minimum Gasteiger partial charge on any atom is -0.463 e. The van der Waals surface area contributed by atoms with Crippen LogP contribution in [0.2, 0.25) is 0 Å². The first-order chi connectivity index (χ1) is 14.3. The zero-order chi connectivity index (χ0) is 22.8. The van der Waals surface area contributed by atoms with Crippen molar-refractivity contribution in [3.05, 3.63) is 23.3 Å². The fourth-order valence-corrected chi connectivity index (χ4v) is 3.68. The van der Waals surface area contributed by atoms with Crippen LogP contribution in [0, 0.1) is 5.92 Å². The molecular formula is C27H50O3. The first-order valence-electron chi connectivity index (χ1n) is 12.5. The van der Waals surface area contributed by atoms with Crippen LogP contribution in [0.1, 0.15) is 125 Å². The van der Waals surface area contributed by atoms with Crippen molar-refractivity contribution in [1.29, 1.82) is 0 Å². The van der Waals surface area contributed by atoms with E-state index in [9.17, 15) is 9.90 Å². The Morgan fingerprint density at radius 3 is 1.93 bits per heavy atom. The molecule has 2 atom stereocenters. The van der Waals surface area contributed by atoms with Crippen molar-refractivity contribution in [2.24, 2.45) is 5.92 Å². The molecular weight excluding hydrogens is 372 g/mol. The van der Waals surface area contributed by atoms with Gasteiger partial charge in [-0.2, -0.15) is 0 Å². The summed E-state index contributed by atoms with van der Waals surface area (Å²) in [6.07, 6.45) is 18.4. The van der Waals surface area contributed by atoms with Crippen LogP contribution in [0.15, 0.2) is 23.3 Å². The number of carbonyl (C=O) groups is 1. The highest BCUT2D eigenvalue weighted by atomic mass is 16.5. The first-order valence-corrected chi connectivity index (χ1v) is 12.5. The monoisotopic (exact) mass is 422 g/mol. The van der Waals surface area contributed by atoms with Crippen molar-refractivity contribution >= 4 is 5.97 Å². The molecule has 1 N–H and O–H groups in total. The van der Waals surface area contributed by atoms with Crippen LogP contribution >= 0.6 is 0 Å². The number of unbranched alkanes of at least 4 members (excludes halogenated alkanes) is 9. The molecule has 0 saturated carbocycles. The van der Waals surface area contributed by atoms with Crippen LogP contribution < -0.4 is 0 Å². The highest BCUT2D eigenvalue weighted by Gasteiger charge is 2.27. The molecule has 0 fully saturated rings. The van der Waals surface area contributed by atoms with Crippen LogP contribution in [0.25, 0.3) is 0 Å². The number of aliphatic hydroxyl groups excluding tert-OH is 1. The molecule has 2 unspecified atom stereocenters. The van der Waals surface area contributed by atoms with Gasteiger partial charge >= 0.3 is 5.97 Å². The molecule has 3 heteroatoms. The lowest BCUT2D eigenvalue weighted by Gasteiger charge is -2.21. The zero-order valence-electron chi connectivity index (χ0n) is 20.8. The minimum absolute atomic E-state index is 0.150. The number of carbonyl (C=O) groups excluding carboxylic acids is 1. The predicted molar refractivity (Wildman–Crippen MR) is 130 cm³/mol. The number of rotatable bonds is 18. The van der Waals surface area contributed by atoms with E-state index < -0.39 is 12.0 Å². The van der Waals surface area contributed by atoms with Gasteiger partial charge in [0, 0.05) is 0 Å². The van der Waals surface area contributed by atoms with Gasteiger partial charge in [0.2, 0.25) is 0 Å². The van der Waals surface area contributed by atoms with Crippen molar-refractivity contribution in [2.75, 3.05) is 0 Å². The van der Waals surface area contributed by atoms with E-state index in [1.165, 1.54) is 56.9 Å². The van der Waals surface area contributed by atoms with Crippen LogP contribution in [0.5, 0.6) is 0 Å². The van der Waals surface area contributed by atoms with Crippen LogP contribution in [0.3, 0.4) is 0 Å². The average Bonchev–Trinajstić information content (AvgIpc) is 2.65. The molecule has 0 spiro atoms. The molecule has 0 aliphatic heterocycles. The second kappa shape index (κ2) is 18.7. The molecule has 3 nitrogen and oxygen atoms in total. The summed E-state index contributed by atoms with van der Waals surface area (Å²) in [4.78, 5) is 12.6. The van der Waals surface area contributed by atoms with Gasteiger partial charge in [-0.15, -0.1) is 0 Å². The van der Waals surface area contributed by atoms with E-state index in [1.54, 1.807) is 0 Å². The summed E-state index contributed by atoms with van der Waals surface area (Å²) in [7, 11) is 0. The third-order valence-corrected chi connectivity index (χ3v) is 5.48. The maximum atomic E-state index is 12.6. The molecule has 0 saturated heterocycles. The number of aliphatic hydroxyl groups is 1. The van der Waals surface area contributed by atoms with Gasteiger partial charge in [0.05, 0.1) is 18.1 Å². The summed E-state index contributed by atoms with van der Waals surface area (Å²) in [5.41, 5.74) is 2.44. The van der Waals surface area contributed by atoms with Crippen LogP contribution in [0.4, 0.5) is 0 Å². The van der Waals surface area contributed by atoms with Gasteiger partial charge in [-0.05, 0) is 53.9 Å². The van der Waals surface area contributed by atoms with Gasteiger partial charge in [0.1, 0.15) is 0 Å². The second-order valence-corrected chi connectivity index (χ2v) is 9.39. The van der Waals surface area contributed by atoms with Gasteiger partial charge in [0.15, 0.2) is 0 Å². The summed E-state index contributed by atoms with van der Waals surface area (Å²) < 4.78 is 5.43. The van der Waals surface area contributed by atoms with Crippen molar-refractivity contribution in [3.63, 3.8) is 0 Å². The van der Waals surface area contributed by atoms with Crippen LogP contribution in [-0.4, -0.2) is 23.3 Å². The van der Waals surface area contributed by atoms with E-state index >= 15 is 0 Å². The van der Waals surface area contributed by atoms with E-state index in [-0.39, 0.29) is 12.1 Å². The fraction of sp³-hybridized carbons (Fsp3) is 0.815. The summed E-state index contributed by atoms with van der Waals surface area (Å²) in [6.45, 7) is 12.2. The molecule has 0 heterocycles. The van der Waals surface area contributed by atoms with E-state index in [4.69, 9.17) is 4.74 Å². The second-order valence-electron chi connectivity index (χ2n) is 9.39. The highest BCUT2D eigenvalue weighted by molar-refractivity contribution is 5.73. The Labute approximate surface area is 187 Å². The molecule has 176 valence electrons. The Hall–Kier alpha value is -1.09. The fourth-order valence-electron chi connectivity index (χ4n) is 3.68. The van der Waals surface area contributed by atoms with Crippen LogP contribution in [-0.2, 0) is 9.53 Å². The van der Waals surface area contributed by atoms with Gasteiger partial charge in [-0.1, -0.05) is 94.4 Å². The highest BCUT2D eigenvalue weighted by Crippen LogP contribution is 2.21. The molecule has 0 aromatic heterocycles. The molecule has 0 amide bonds. The van der Waals surface area contributed by atoms with Gasteiger partial charge < -0.3 is 9.84 Å². The zero-order valence-corrected chi connectivity index (χ0v) is 20.8. The summed E-state index contributed by atoms with van der Waals surface area (Å²) in [6, 6.07) is 0. The van der Waals surface area contributed by atoms with E-state index in [1.807, 2.05) is 26.8 Å². The van der Waals surface area contributed by atoms with E-state index in [0.717, 1.165) is 31.3 Å². The molecule has 0 radical (unpaired) electrons. The first kappa shape index (κ1) is 28.9.